The first kappa shape index (κ1) is 14.4. The molecule has 2 rings (SSSR count). The molecule has 3 heteroatoms. The molecule has 0 saturated heterocycles. The molecule has 2 nitrogen and oxygen atoms in total. The fraction of sp³-hybridized carbons (Fsp3) is 0.0769. The minimum atomic E-state index is 0. The summed E-state index contributed by atoms with van der Waals surface area (Å²) in [5.41, 5.74) is 7.53. The van der Waals surface area contributed by atoms with Crippen molar-refractivity contribution in [1.82, 2.24) is 0 Å². The van der Waals surface area contributed by atoms with Gasteiger partial charge < -0.3 is 10.8 Å². The number of rotatable bonds is 0. The van der Waals surface area contributed by atoms with Crippen molar-refractivity contribution in [3.63, 3.8) is 0 Å². The van der Waals surface area contributed by atoms with Gasteiger partial charge in [-0.3, -0.25) is 0 Å². The van der Waals surface area contributed by atoms with Crippen molar-refractivity contribution in [3.05, 3.63) is 60.2 Å². The Morgan fingerprint density at radius 3 is 1.69 bits per heavy atom. The smallest absolute Gasteiger partial charge is 0.115 e. The van der Waals surface area contributed by atoms with Gasteiger partial charge in [0.2, 0.25) is 0 Å². The second-order valence-electron chi connectivity index (χ2n) is 3.19. The number of phenols is 1. The monoisotopic (exact) mass is 235 g/mol. The number of hydrogen-bond donors (Lipinski definition) is 2. The summed E-state index contributed by atoms with van der Waals surface area (Å²) in [5.74, 6) is 0.322. The van der Waals surface area contributed by atoms with Crippen LogP contribution in [0.2, 0.25) is 0 Å². The van der Waals surface area contributed by atoms with Crippen LogP contribution in [0.3, 0.4) is 0 Å². The first-order valence-corrected chi connectivity index (χ1v) is 4.75. The zero-order valence-corrected chi connectivity index (χ0v) is 10.2. The maximum atomic E-state index is 8.63. The molecule has 0 aliphatic carbocycles. The van der Waals surface area contributed by atoms with E-state index in [0.717, 1.165) is 11.3 Å². The SMILES string of the molecule is Cc1ccccc1N.Oc1ccccc1.S. The first-order valence-electron chi connectivity index (χ1n) is 4.75. The van der Waals surface area contributed by atoms with Gasteiger partial charge in [0.15, 0.2) is 0 Å². The Kier molecular flexibility index (Phi) is 6.88. The molecule has 0 heterocycles. The number of anilines is 1. The number of nitrogens with two attached hydrogens (primary N) is 1. The predicted molar refractivity (Wildman–Crippen MR) is 74.1 cm³/mol. The van der Waals surface area contributed by atoms with Crippen LogP contribution in [-0.4, -0.2) is 5.11 Å². The van der Waals surface area contributed by atoms with Crippen molar-refractivity contribution in [3.8, 4) is 5.75 Å². The van der Waals surface area contributed by atoms with Crippen molar-refractivity contribution in [2.45, 2.75) is 6.92 Å². The van der Waals surface area contributed by atoms with E-state index >= 15 is 0 Å². The lowest BCUT2D eigenvalue weighted by molar-refractivity contribution is 0.475. The largest absolute Gasteiger partial charge is 0.508 e. The summed E-state index contributed by atoms with van der Waals surface area (Å²) in [6.45, 7) is 2.00. The number of nitrogen functional groups attached to an aromatic ring is 1. The molecule has 0 saturated carbocycles. The highest BCUT2D eigenvalue weighted by Crippen LogP contribution is 2.06. The van der Waals surface area contributed by atoms with Gasteiger partial charge in [0.05, 0.1) is 0 Å². The molecule has 2 aromatic carbocycles. The van der Waals surface area contributed by atoms with Crippen LogP contribution in [0.4, 0.5) is 5.69 Å². The van der Waals surface area contributed by atoms with Gasteiger partial charge in [-0.2, -0.15) is 13.5 Å². The highest BCUT2D eigenvalue weighted by molar-refractivity contribution is 7.59. The predicted octanol–water partition coefficient (Wildman–Crippen LogP) is 3.08. The van der Waals surface area contributed by atoms with Crippen LogP contribution in [-0.2, 0) is 0 Å². The number of phenolic OH excluding ortho intramolecular Hbond substituents is 1. The Hall–Kier alpha value is -1.61. The van der Waals surface area contributed by atoms with Crippen LogP contribution >= 0.6 is 13.5 Å². The number of aryl methyl sites for hydroxylation is 1. The molecule has 0 spiro atoms. The van der Waals surface area contributed by atoms with E-state index in [-0.39, 0.29) is 13.5 Å². The second-order valence-corrected chi connectivity index (χ2v) is 3.19. The molecule has 0 radical (unpaired) electrons. The molecular weight excluding hydrogens is 218 g/mol. The Morgan fingerprint density at radius 2 is 1.38 bits per heavy atom. The first-order chi connectivity index (χ1) is 7.20. The molecule has 0 aliphatic heterocycles. The minimum Gasteiger partial charge on any atom is -0.508 e. The van der Waals surface area contributed by atoms with Crippen molar-refractivity contribution in [2.24, 2.45) is 0 Å². The molecule has 0 atom stereocenters. The molecule has 0 amide bonds. The van der Waals surface area contributed by atoms with Crippen molar-refractivity contribution in [1.29, 1.82) is 0 Å². The summed E-state index contributed by atoms with van der Waals surface area (Å²) in [6.07, 6.45) is 0. The average Bonchev–Trinajstić information content (AvgIpc) is 2.25. The van der Waals surface area contributed by atoms with Crippen LogP contribution < -0.4 is 5.73 Å². The molecule has 2 aromatic rings. The van der Waals surface area contributed by atoms with Crippen LogP contribution in [0, 0.1) is 6.92 Å². The molecule has 3 N–H and O–H groups in total. The van der Waals surface area contributed by atoms with Crippen molar-refractivity contribution in [2.75, 3.05) is 5.73 Å². The third kappa shape index (κ3) is 5.32. The number of para-hydroxylation sites is 2. The number of hydrogen-bond acceptors (Lipinski definition) is 2. The standard InChI is InChI=1S/C7H9N.C6H6O.H2S/c1-6-4-2-3-5-7(6)8;7-6-4-2-1-3-5-6;/h2-5H,8H2,1H3;1-5,7H;1H2. The normalized spacial score (nSPS) is 8.31. The van der Waals surface area contributed by atoms with E-state index in [1.165, 1.54) is 0 Å². The van der Waals surface area contributed by atoms with Crippen molar-refractivity contribution < 1.29 is 5.11 Å². The summed E-state index contributed by atoms with van der Waals surface area (Å²) >= 11 is 0. The van der Waals surface area contributed by atoms with E-state index in [4.69, 9.17) is 10.8 Å². The van der Waals surface area contributed by atoms with E-state index < -0.39 is 0 Å². The molecule has 16 heavy (non-hydrogen) atoms. The third-order valence-electron chi connectivity index (χ3n) is 1.94. The average molecular weight is 235 g/mol. The van der Waals surface area contributed by atoms with Gasteiger partial charge >= 0.3 is 0 Å². The highest BCUT2D eigenvalue weighted by Gasteiger charge is 1.84. The van der Waals surface area contributed by atoms with Gasteiger partial charge in [-0.25, -0.2) is 0 Å². The summed E-state index contributed by atoms with van der Waals surface area (Å²) < 4.78 is 0. The minimum absolute atomic E-state index is 0. The zero-order valence-electron chi connectivity index (χ0n) is 9.22. The van der Waals surface area contributed by atoms with Crippen LogP contribution in [0.25, 0.3) is 0 Å². The maximum absolute atomic E-state index is 8.63. The van der Waals surface area contributed by atoms with E-state index in [9.17, 15) is 0 Å². The summed E-state index contributed by atoms with van der Waals surface area (Å²) in [7, 11) is 0. The molecule has 0 aromatic heterocycles. The summed E-state index contributed by atoms with van der Waals surface area (Å²) in [4.78, 5) is 0. The summed E-state index contributed by atoms with van der Waals surface area (Å²) in [5, 5.41) is 8.63. The third-order valence-corrected chi connectivity index (χ3v) is 1.94. The molecule has 0 unspecified atom stereocenters. The van der Waals surface area contributed by atoms with Gasteiger partial charge in [-0.15, -0.1) is 0 Å². The quantitative estimate of drug-likeness (QED) is 0.689. The highest BCUT2D eigenvalue weighted by atomic mass is 32.1. The van der Waals surface area contributed by atoms with Gasteiger partial charge in [-0.1, -0.05) is 36.4 Å². The fourth-order valence-corrected chi connectivity index (χ4v) is 1.01. The van der Waals surface area contributed by atoms with E-state index in [0.29, 0.717) is 5.75 Å². The lowest BCUT2D eigenvalue weighted by Gasteiger charge is -1.93. The summed E-state index contributed by atoms with van der Waals surface area (Å²) in [6, 6.07) is 16.5. The van der Waals surface area contributed by atoms with E-state index in [2.05, 4.69) is 0 Å². The molecular formula is C13H17NOS. The molecule has 0 aliphatic rings. The maximum Gasteiger partial charge on any atom is 0.115 e. The van der Waals surface area contributed by atoms with Crippen molar-refractivity contribution >= 4 is 19.2 Å². The van der Waals surface area contributed by atoms with Gasteiger partial charge in [-0.05, 0) is 30.7 Å². The van der Waals surface area contributed by atoms with Gasteiger partial charge in [0.25, 0.3) is 0 Å². The Bertz CT molecular complexity index is 383. The molecule has 0 fully saturated rings. The molecule has 0 bridgehead atoms. The fourth-order valence-electron chi connectivity index (χ4n) is 1.01. The van der Waals surface area contributed by atoms with Crippen LogP contribution in [0.15, 0.2) is 54.6 Å². The Labute approximate surface area is 103 Å². The van der Waals surface area contributed by atoms with E-state index in [1.807, 2.05) is 37.3 Å². The van der Waals surface area contributed by atoms with Crippen LogP contribution in [0.1, 0.15) is 5.56 Å². The van der Waals surface area contributed by atoms with Gasteiger partial charge in [0.1, 0.15) is 5.75 Å². The van der Waals surface area contributed by atoms with Gasteiger partial charge in [0, 0.05) is 5.69 Å². The molecule has 86 valence electrons. The Balaban J connectivity index is 0.000000267. The zero-order chi connectivity index (χ0) is 11.1. The number of benzene rings is 2. The second kappa shape index (κ2) is 7.65. The van der Waals surface area contributed by atoms with Crippen LogP contribution in [0.5, 0.6) is 5.75 Å². The van der Waals surface area contributed by atoms with E-state index in [1.54, 1.807) is 24.3 Å². The Morgan fingerprint density at radius 1 is 0.875 bits per heavy atom. The lowest BCUT2D eigenvalue weighted by Crippen LogP contribution is -1.85. The lowest BCUT2D eigenvalue weighted by atomic mass is 10.2. The topological polar surface area (TPSA) is 46.2 Å². The number of aromatic hydroxyl groups is 1.